The molecule has 0 aromatic heterocycles. The van der Waals surface area contributed by atoms with Gasteiger partial charge in [0.25, 0.3) is 5.91 Å². The predicted octanol–water partition coefficient (Wildman–Crippen LogP) is 4.03. The fourth-order valence-electron chi connectivity index (χ4n) is 2.55. The molecule has 0 radical (unpaired) electrons. The molecule has 130 valence electrons. The van der Waals surface area contributed by atoms with Gasteiger partial charge in [0.2, 0.25) is 0 Å². The zero-order valence-electron chi connectivity index (χ0n) is 13.6. The number of carbonyl (C=O) groups excluding carboxylic acids is 2. The number of hydrogen-bond donors (Lipinski definition) is 1. The average molecular weight is 354 g/mol. The van der Waals surface area contributed by atoms with E-state index in [1.807, 2.05) is 0 Å². The Hall–Kier alpha value is -1.88. The lowest BCUT2D eigenvalue weighted by Gasteiger charge is -2.16. The maximum Gasteiger partial charge on any atom is 0.340 e. The first-order chi connectivity index (χ1) is 11.5. The highest BCUT2D eigenvalue weighted by Gasteiger charge is 2.20. The van der Waals surface area contributed by atoms with E-state index in [1.165, 1.54) is 31.4 Å². The molecular weight excluding hydrogens is 333 g/mol. The van der Waals surface area contributed by atoms with Crippen molar-refractivity contribution in [1.29, 1.82) is 0 Å². The van der Waals surface area contributed by atoms with Gasteiger partial charge in [0.1, 0.15) is 5.82 Å². The molecule has 0 saturated heterocycles. The first-order valence-electron chi connectivity index (χ1n) is 8.09. The SMILES string of the molecule is C[C@H](OC(=O)c1ccc(F)cc1Cl)C(=O)NCCC1=CCCCC1. The van der Waals surface area contributed by atoms with Crippen molar-refractivity contribution in [3.8, 4) is 0 Å². The Kier molecular flexibility index (Phi) is 6.79. The van der Waals surface area contributed by atoms with Crippen molar-refractivity contribution in [3.63, 3.8) is 0 Å². The summed E-state index contributed by atoms with van der Waals surface area (Å²) >= 11 is 5.81. The van der Waals surface area contributed by atoms with Gasteiger partial charge in [0, 0.05) is 6.54 Å². The summed E-state index contributed by atoms with van der Waals surface area (Å²) in [5.74, 6) is -1.66. The molecule has 0 heterocycles. The molecule has 0 spiro atoms. The van der Waals surface area contributed by atoms with Gasteiger partial charge >= 0.3 is 5.97 Å². The number of allylic oxidation sites excluding steroid dienone is 1. The lowest BCUT2D eigenvalue weighted by atomic mass is 9.97. The van der Waals surface area contributed by atoms with Crippen LogP contribution in [-0.2, 0) is 9.53 Å². The Labute approximate surface area is 146 Å². The molecule has 1 atom stereocenters. The van der Waals surface area contributed by atoms with Gasteiger partial charge < -0.3 is 10.1 Å². The van der Waals surface area contributed by atoms with Crippen molar-refractivity contribution in [2.24, 2.45) is 0 Å². The molecule has 1 aliphatic rings. The predicted molar refractivity (Wildman–Crippen MR) is 90.5 cm³/mol. The molecule has 0 aliphatic heterocycles. The minimum Gasteiger partial charge on any atom is -0.449 e. The second-order valence-corrected chi connectivity index (χ2v) is 6.23. The quantitative estimate of drug-likeness (QED) is 0.620. The van der Waals surface area contributed by atoms with Crippen LogP contribution >= 0.6 is 11.6 Å². The molecule has 0 unspecified atom stereocenters. The molecule has 24 heavy (non-hydrogen) atoms. The monoisotopic (exact) mass is 353 g/mol. The third-order valence-corrected chi connectivity index (χ3v) is 4.25. The van der Waals surface area contributed by atoms with E-state index in [1.54, 1.807) is 0 Å². The summed E-state index contributed by atoms with van der Waals surface area (Å²) in [7, 11) is 0. The van der Waals surface area contributed by atoms with Crippen LogP contribution in [0.25, 0.3) is 0 Å². The number of esters is 1. The molecule has 0 fully saturated rings. The van der Waals surface area contributed by atoms with Gasteiger partial charge in [-0.3, -0.25) is 4.79 Å². The standard InChI is InChI=1S/C18H21ClFNO3/c1-12(17(22)21-10-9-13-5-3-2-4-6-13)24-18(23)15-8-7-14(20)11-16(15)19/h5,7-8,11-12H,2-4,6,9-10H2,1H3,(H,21,22)/t12-/m0/s1. The van der Waals surface area contributed by atoms with E-state index in [-0.39, 0.29) is 16.5 Å². The Bertz CT molecular complexity index is 645. The largest absolute Gasteiger partial charge is 0.449 e. The van der Waals surface area contributed by atoms with Gasteiger partial charge in [0.15, 0.2) is 6.10 Å². The highest BCUT2D eigenvalue weighted by molar-refractivity contribution is 6.33. The molecule has 1 N–H and O–H groups in total. The molecule has 0 bridgehead atoms. The maximum absolute atomic E-state index is 13.0. The molecule has 2 rings (SSSR count). The molecule has 1 amide bonds. The summed E-state index contributed by atoms with van der Waals surface area (Å²) in [4.78, 5) is 24.0. The first-order valence-corrected chi connectivity index (χ1v) is 8.47. The van der Waals surface area contributed by atoms with E-state index >= 15 is 0 Å². The van der Waals surface area contributed by atoms with Gasteiger partial charge in [0.05, 0.1) is 10.6 Å². The topological polar surface area (TPSA) is 55.4 Å². The number of halogens is 2. The Morgan fingerprint density at radius 3 is 2.83 bits per heavy atom. The zero-order chi connectivity index (χ0) is 17.5. The van der Waals surface area contributed by atoms with Gasteiger partial charge in [-0.05, 0) is 57.2 Å². The van der Waals surface area contributed by atoms with E-state index < -0.39 is 17.9 Å². The summed E-state index contributed by atoms with van der Waals surface area (Å²) in [5.41, 5.74) is 1.40. The fraction of sp³-hybridized carbons (Fsp3) is 0.444. The fourth-order valence-corrected chi connectivity index (χ4v) is 2.80. The second-order valence-electron chi connectivity index (χ2n) is 5.82. The van der Waals surface area contributed by atoms with E-state index in [0.717, 1.165) is 31.4 Å². The number of benzene rings is 1. The number of rotatable bonds is 6. The number of ether oxygens (including phenoxy) is 1. The van der Waals surface area contributed by atoms with Crippen molar-refractivity contribution in [3.05, 3.63) is 46.3 Å². The highest BCUT2D eigenvalue weighted by Crippen LogP contribution is 2.20. The summed E-state index contributed by atoms with van der Waals surface area (Å²) in [6.45, 7) is 2.01. The van der Waals surface area contributed by atoms with Gasteiger partial charge in [-0.2, -0.15) is 0 Å². The second kappa shape index (κ2) is 8.83. The van der Waals surface area contributed by atoms with Crippen LogP contribution in [0.5, 0.6) is 0 Å². The van der Waals surface area contributed by atoms with Crippen LogP contribution in [-0.4, -0.2) is 24.5 Å². The summed E-state index contributed by atoms with van der Waals surface area (Å²) in [6, 6.07) is 3.38. The minimum absolute atomic E-state index is 0.0325. The van der Waals surface area contributed by atoms with Crippen LogP contribution in [0, 0.1) is 5.82 Å². The smallest absolute Gasteiger partial charge is 0.340 e. The van der Waals surface area contributed by atoms with Gasteiger partial charge in [-0.25, -0.2) is 9.18 Å². The van der Waals surface area contributed by atoms with Gasteiger partial charge in [-0.15, -0.1) is 0 Å². The maximum atomic E-state index is 13.0. The van der Waals surface area contributed by atoms with Crippen LogP contribution < -0.4 is 5.32 Å². The van der Waals surface area contributed by atoms with Crippen molar-refractivity contribution in [2.75, 3.05) is 6.54 Å². The Balaban J connectivity index is 1.80. The van der Waals surface area contributed by atoms with Crippen molar-refractivity contribution in [1.82, 2.24) is 5.32 Å². The van der Waals surface area contributed by atoms with E-state index in [0.29, 0.717) is 6.54 Å². The third kappa shape index (κ3) is 5.34. The Morgan fingerprint density at radius 1 is 1.38 bits per heavy atom. The third-order valence-electron chi connectivity index (χ3n) is 3.93. The minimum atomic E-state index is -0.945. The summed E-state index contributed by atoms with van der Waals surface area (Å²) in [6.07, 6.45) is 6.73. The number of amides is 1. The first kappa shape index (κ1) is 18.5. The summed E-state index contributed by atoms with van der Waals surface area (Å²) < 4.78 is 18.1. The normalized spacial score (nSPS) is 15.4. The van der Waals surface area contributed by atoms with Crippen molar-refractivity contribution >= 4 is 23.5 Å². The van der Waals surface area contributed by atoms with Crippen LogP contribution in [0.4, 0.5) is 4.39 Å². The van der Waals surface area contributed by atoms with Crippen LogP contribution in [0.2, 0.25) is 5.02 Å². The van der Waals surface area contributed by atoms with Crippen LogP contribution in [0.3, 0.4) is 0 Å². The number of carbonyl (C=O) groups is 2. The molecule has 1 aliphatic carbocycles. The van der Waals surface area contributed by atoms with Gasteiger partial charge in [-0.1, -0.05) is 23.3 Å². The molecule has 0 saturated carbocycles. The number of nitrogens with one attached hydrogen (secondary N) is 1. The van der Waals surface area contributed by atoms with E-state index in [9.17, 15) is 14.0 Å². The highest BCUT2D eigenvalue weighted by atomic mass is 35.5. The van der Waals surface area contributed by atoms with Crippen molar-refractivity contribution in [2.45, 2.75) is 45.1 Å². The lowest BCUT2D eigenvalue weighted by molar-refractivity contribution is -0.129. The molecule has 6 heteroatoms. The Morgan fingerprint density at radius 2 is 2.17 bits per heavy atom. The molecular formula is C18H21ClFNO3. The lowest BCUT2D eigenvalue weighted by Crippen LogP contribution is -2.36. The number of hydrogen-bond acceptors (Lipinski definition) is 3. The zero-order valence-corrected chi connectivity index (χ0v) is 14.4. The van der Waals surface area contributed by atoms with Crippen LogP contribution in [0.1, 0.15) is 49.4 Å². The summed E-state index contributed by atoms with van der Waals surface area (Å²) in [5, 5.41) is 2.72. The average Bonchev–Trinajstić information content (AvgIpc) is 2.55. The molecule has 1 aromatic carbocycles. The molecule has 1 aromatic rings. The van der Waals surface area contributed by atoms with E-state index in [2.05, 4.69) is 11.4 Å². The molecule has 4 nitrogen and oxygen atoms in total. The van der Waals surface area contributed by atoms with Crippen LogP contribution in [0.15, 0.2) is 29.8 Å². The van der Waals surface area contributed by atoms with Crippen molar-refractivity contribution < 1.29 is 18.7 Å². The van der Waals surface area contributed by atoms with E-state index in [4.69, 9.17) is 16.3 Å².